The molecule has 0 aliphatic carbocycles. The Kier molecular flexibility index (Phi) is 4.19. The summed E-state index contributed by atoms with van der Waals surface area (Å²) in [5.74, 6) is -0.0718. The SMILES string of the molecule is CN(C)CCCNC(=O)c1ccoc1. The maximum absolute atomic E-state index is 11.4. The van der Waals surface area contributed by atoms with Gasteiger partial charge >= 0.3 is 0 Å². The van der Waals surface area contributed by atoms with Gasteiger partial charge in [-0.2, -0.15) is 0 Å². The van der Waals surface area contributed by atoms with Crippen LogP contribution in [-0.2, 0) is 0 Å². The van der Waals surface area contributed by atoms with Gasteiger partial charge in [-0.3, -0.25) is 4.79 Å². The van der Waals surface area contributed by atoms with Crippen LogP contribution in [0.3, 0.4) is 0 Å². The fourth-order valence-electron chi connectivity index (χ4n) is 1.09. The van der Waals surface area contributed by atoms with Gasteiger partial charge in [0.05, 0.1) is 11.8 Å². The van der Waals surface area contributed by atoms with E-state index < -0.39 is 0 Å². The van der Waals surface area contributed by atoms with Gasteiger partial charge in [-0.15, -0.1) is 0 Å². The Labute approximate surface area is 83.9 Å². The molecule has 1 amide bonds. The number of amides is 1. The second kappa shape index (κ2) is 5.44. The molecular weight excluding hydrogens is 180 g/mol. The first-order chi connectivity index (χ1) is 6.70. The summed E-state index contributed by atoms with van der Waals surface area (Å²) in [6.07, 6.45) is 3.90. The van der Waals surface area contributed by atoms with Crippen LogP contribution < -0.4 is 5.32 Å². The summed E-state index contributed by atoms with van der Waals surface area (Å²) in [6, 6.07) is 1.65. The predicted molar refractivity (Wildman–Crippen MR) is 54.2 cm³/mol. The Morgan fingerprint density at radius 1 is 1.57 bits per heavy atom. The van der Waals surface area contributed by atoms with Gasteiger partial charge < -0.3 is 14.6 Å². The molecule has 1 heterocycles. The highest BCUT2D eigenvalue weighted by molar-refractivity contribution is 5.93. The fraction of sp³-hybridized carbons (Fsp3) is 0.500. The molecule has 1 N–H and O–H groups in total. The summed E-state index contributed by atoms with van der Waals surface area (Å²) < 4.78 is 4.81. The van der Waals surface area contributed by atoms with E-state index in [1.807, 2.05) is 14.1 Å². The van der Waals surface area contributed by atoms with Gasteiger partial charge in [0.2, 0.25) is 0 Å². The highest BCUT2D eigenvalue weighted by Crippen LogP contribution is 1.98. The van der Waals surface area contributed by atoms with Gasteiger partial charge in [-0.25, -0.2) is 0 Å². The van der Waals surface area contributed by atoms with Crippen LogP contribution >= 0.6 is 0 Å². The number of nitrogens with one attached hydrogen (secondary N) is 1. The van der Waals surface area contributed by atoms with Crippen LogP contribution in [0, 0.1) is 0 Å². The van der Waals surface area contributed by atoms with Crippen molar-refractivity contribution in [3.63, 3.8) is 0 Å². The van der Waals surface area contributed by atoms with E-state index in [-0.39, 0.29) is 5.91 Å². The number of rotatable bonds is 5. The molecule has 0 unspecified atom stereocenters. The zero-order valence-corrected chi connectivity index (χ0v) is 8.62. The number of furan rings is 1. The van der Waals surface area contributed by atoms with E-state index in [9.17, 15) is 4.79 Å². The van der Waals surface area contributed by atoms with E-state index in [2.05, 4.69) is 10.2 Å². The Morgan fingerprint density at radius 2 is 2.36 bits per heavy atom. The zero-order chi connectivity index (χ0) is 10.4. The minimum absolute atomic E-state index is 0.0718. The van der Waals surface area contributed by atoms with Crippen molar-refractivity contribution < 1.29 is 9.21 Å². The summed E-state index contributed by atoms with van der Waals surface area (Å²) in [4.78, 5) is 13.5. The lowest BCUT2D eigenvalue weighted by molar-refractivity contribution is 0.0951. The molecule has 4 heteroatoms. The lowest BCUT2D eigenvalue weighted by Gasteiger charge is -2.09. The van der Waals surface area contributed by atoms with Crippen molar-refractivity contribution in [1.29, 1.82) is 0 Å². The number of carbonyl (C=O) groups excluding carboxylic acids is 1. The van der Waals surface area contributed by atoms with Gasteiger partial charge in [0.25, 0.3) is 5.91 Å². The average molecular weight is 196 g/mol. The van der Waals surface area contributed by atoms with Gasteiger partial charge in [-0.05, 0) is 33.1 Å². The molecular formula is C10H16N2O2. The number of carbonyl (C=O) groups is 1. The molecule has 0 saturated heterocycles. The number of nitrogens with zero attached hydrogens (tertiary/aromatic N) is 1. The molecule has 0 aromatic carbocycles. The van der Waals surface area contributed by atoms with Crippen molar-refractivity contribution in [2.45, 2.75) is 6.42 Å². The normalized spacial score (nSPS) is 10.5. The second-order valence-corrected chi connectivity index (χ2v) is 3.42. The molecule has 1 rings (SSSR count). The average Bonchev–Trinajstić information content (AvgIpc) is 2.64. The molecule has 78 valence electrons. The molecule has 1 aromatic heterocycles. The van der Waals surface area contributed by atoms with E-state index >= 15 is 0 Å². The second-order valence-electron chi connectivity index (χ2n) is 3.42. The highest BCUT2D eigenvalue weighted by atomic mass is 16.3. The monoisotopic (exact) mass is 196 g/mol. The maximum atomic E-state index is 11.4. The van der Waals surface area contributed by atoms with Crippen LogP contribution in [0.1, 0.15) is 16.8 Å². The molecule has 0 aliphatic heterocycles. The largest absolute Gasteiger partial charge is 0.472 e. The molecule has 14 heavy (non-hydrogen) atoms. The van der Waals surface area contributed by atoms with Gasteiger partial charge in [-0.1, -0.05) is 0 Å². The fourth-order valence-corrected chi connectivity index (χ4v) is 1.09. The van der Waals surface area contributed by atoms with Gasteiger partial charge in [0, 0.05) is 6.54 Å². The number of hydrogen-bond donors (Lipinski definition) is 1. The van der Waals surface area contributed by atoms with Crippen molar-refractivity contribution in [3.8, 4) is 0 Å². The molecule has 4 nitrogen and oxygen atoms in total. The Bertz CT molecular complexity index is 268. The molecule has 0 aliphatic rings. The summed E-state index contributed by atoms with van der Waals surface area (Å²) in [5, 5.41) is 2.81. The van der Waals surface area contributed by atoms with E-state index in [1.165, 1.54) is 12.5 Å². The summed E-state index contributed by atoms with van der Waals surface area (Å²) in [6.45, 7) is 1.67. The van der Waals surface area contributed by atoms with Crippen molar-refractivity contribution in [2.24, 2.45) is 0 Å². The lowest BCUT2D eigenvalue weighted by atomic mass is 10.3. The van der Waals surface area contributed by atoms with E-state index in [4.69, 9.17) is 4.42 Å². The maximum Gasteiger partial charge on any atom is 0.254 e. The van der Waals surface area contributed by atoms with Crippen LogP contribution in [0.15, 0.2) is 23.0 Å². The van der Waals surface area contributed by atoms with Crippen molar-refractivity contribution in [3.05, 3.63) is 24.2 Å². The molecule has 0 saturated carbocycles. The Hall–Kier alpha value is -1.29. The van der Waals surface area contributed by atoms with Crippen molar-refractivity contribution >= 4 is 5.91 Å². The molecule has 0 atom stereocenters. The number of hydrogen-bond acceptors (Lipinski definition) is 3. The molecule has 0 spiro atoms. The first kappa shape index (κ1) is 10.8. The smallest absolute Gasteiger partial charge is 0.254 e. The van der Waals surface area contributed by atoms with E-state index in [1.54, 1.807) is 6.07 Å². The van der Waals surface area contributed by atoms with Crippen molar-refractivity contribution in [1.82, 2.24) is 10.2 Å². The van der Waals surface area contributed by atoms with Gasteiger partial charge in [0.1, 0.15) is 6.26 Å². The molecule has 1 aromatic rings. The summed E-state index contributed by atoms with van der Waals surface area (Å²) in [7, 11) is 4.02. The first-order valence-corrected chi connectivity index (χ1v) is 4.65. The Balaban J connectivity index is 2.16. The van der Waals surface area contributed by atoms with Gasteiger partial charge in [0.15, 0.2) is 0 Å². The standard InChI is InChI=1S/C10H16N2O2/c1-12(2)6-3-5-11-10(13)9-4-7-14-8-9/h4,7-8H,3,5-6H2,1-2H3,(H,11,13). The third kappa shape index (κ3) is 3.62. The predicted octanol–water partition coefficient (Wildman–Crippen LogP) is 0.961. The van der Waals surface area contributed by atoms with E-state index in [0.29, 0.717) is 12.1 Å². The van der Waals surface area contributed by atoms with Crippen LogP contribution in [0.4, 0.5) is 0 Å². The first-order valence-electron chi connectivity index (χ1n) is 4.65. The van der Waals surface area contributed by atoms with Crippen LogP contribution in [0.2, 0.25) is 0 Å². The summed E-state index contributed by atoms with van der Waals surface area (Å²) in [5.41, 5.74) is 0.579. The van der Waals surface area contributed by atoms with E-state index in [0.717, 1.165) is 13.0 Å². The minimum atomic E-state index is -0.0718. The lowest BCUT2D eigenvalue weighted by Crippen LogP contribution is -2.26. The highest BCUT2D eigenvalue weighted by Gasteiger charge is 2.04. The third-order valence-electron chi connectivity index (χ3n) is 1.85. The van der Waals surface area contributed by atoms with Crippen LogP contribution in [-0.4, -0.2) is 38.0 Å². The minimum Gasteiger partial charge on any atom is -0.472 e. The topological polar surface area (TPSA) is 45.5 Å². The molecule has 0 bridgehead atoms. The summed E-state index contributed by atoms with van der Waals surface area (Å²) >= 11 is 0. The quantitative estimate of drug-likeness (QED) is 0.713. The molecule has 0 radical (unpaired) electrons. The third-order valence-corrected chi connectivity index (χ3v) is 1.85. The van der Waals surface area contributed by atoms with Crippen molar-refractivity contribution in [2.75, 3.05) is 27.2 Å². The Morgan fingerprint density at radius 3 is 2.93 bits per heavy atom. The van der Waals surface area contributed by atoms with Crippen LogP contribution in [0.5, 0.6) is 0 Å². The van der Waals surface area contributed by atoms with Crippen LogP contribution in [0.25, 0.3) is 0 Å². The molecule has 0 fully saturated rings. The zero-order valence-electron chi connectivity index (χ0n) is 8.62.